The van der Waals surface area contributed by atoms with Gasteiger partial charge in [-0.05, 0) is 58.5 Å². The molecular formula is C29H24F2N6O3. The Morgan fingerprint density at radius 3 is 2.45 bits per heavy atom. The summed E-state index contributed by atoms with van der Waals surface area (Å²) in [5, 5.41) is 22.0. The molecule has 1 heterocycles. The highest BCUT2D eigenvalue weighted by molar-refractivity contribution is 6.35. The van der Waals surface area contributed by atoms with Gasteiger partial charge in [0.05, 0.1) is 17.8 Å². The summed E-state index contributed by atoms with van der Waals surface area (Å²) in [4.78, 5) is 37.4. The Morgan fingerprint density at radius 1 is 1.00 bits per heavy atom. The fourth-order valence-corrected chi connectivity index (χ4v) is 4.69. The van der Waals surface area contributed by atoms with Gasteiger partial charge in [0.1, 0.15) is 6.54 Å². The van der Waals surface area contributed by atoms with Crippen LogP contribution in [0.4, 0.5) is 8.78 Å². The molecule has 3 amide bonds. The molecule has 40 heavy (non-hydrogen) atoms. The predicted molar refractivity (Wildman–Crippen MR) is 142 cm³/mol. The van der Waals surface area contributed by atoms with Crippen LogP contribution >= 0.6 is 0 Å². The smallest absolute Gasteiger partial charge is 0.333 e. The zero-order valence-electron chi connectivity index (χ0n) is 21.2. The predicted octanol–water partition coefficient (Wildman–Crippen LogP) is 3.77. The zero-order chi connectivity index (χ0) is 28.3. The van der Waals surface area contributed by atoms with Crippen LogP contribution in [0.1, 0.15) is 40.9 Å². The monoisotopic (exact) mass is 542 g/mol. The Labute approximate surface area is 227 Å². The molecule has 0 saturated heterocycles. The van der Waals surface area contributed by atoms with E-state index in [1.54, 1.807) is 30.3 Å². The number of halogens is 2. The average molecular weight is 543 g/mol. The molecule has 1 fully saturated rings. The molecule has 0 radical (unpaired) electrons. The molecule has 3 N–H and O–H groups in total. The third-order valence-corrected chi connectivity index (χ3v) is 6.85. The largest absolute Gasteiger partial charge is 0.344 e. The van der Waals surface area contributed by atoms with E-state index in [0.29, 0.717) is 39.8 Å². The summed E-state index contributed by atoms with van der Waals surface area (Å²) in [6.45, 7) is -3.11. The number of fused-ring (bicyclic) bond motifs is 1. The first kappa shape index (κ1) is 26.5. The number of carbonyl (C=O) groups is 3. The van der Waals surface area contributed by atoms with E-state index in [-0.39, 0.29) is 19.0 Å². The lowest BCUT2D eigenvalue weighted by Crippen LogP contribution is -2.40. The number of carbonyl (C=O) groups excluding carboxylic acids is 3. The van der Waals surface area contributed by atoms with Crippen LogP contribution in [0.2, 0.25) is 0 Å². The van der Waals surface area contributed by atoms with Crippen LogP contribution in [0, 0.1) is 11.3 Å². The number of nitrogens with one attached hydrogen (secondary N) is 3. The van der Waals surface area contributed by atoms with Gasteiger partial charge in [0.2, 0.25) is 0 Å². The molecule has 0 atom stereocenters. The van der Waals surface area contributed by atoms with Crippen LogP contribution in [0.3, 0.4) is 0 Å². The molecule has 1 saturated carbocycles. The van der Waals surface area contributed by atoms with Gasteiger partial charge >= 0.3 is 18.4 Å². The molecule has 1 aliphatic rings. The third-order valence-electron chi connectivity index (χ3n) is 6.85. The molecule has 11 heteroatoms. The fraction of sp³-hybridized carbons (Fsp3) is 0.207. The van der Waals surface area contributed by atoms with Gasteiger partial charge in [-0.2, -0.15) is 19.1 Å². The van der Waals surface area contributed by atoms with E-state index in [1.807, 2.05) is 36.4 Å². The van der Waals surface area contributed by atoms with Crippen molar-refractivity contribution >= 4 is 28.5 Å². The van der Waals surface area contributed by atoms with E-state index in [4.69, 9.17) is 5.26 Å². The molecule has 1 aromatic heterocycles. The second kappa shape index (κ2) is 10.9. The molecule has 0 bridgehead atoms. The number of nitrogens with zero attached hydrogens (tertiary/aromatic N) is 3. The number of alkyl halides is 2. The van der Waals surface area contributed by atoms with E-state index in [9.17, 15) is 23.2 Å². The van der Waals surface area contributed by atoms with E-state index in [0.717, 1.165) is 16.3 Å². The lowest BCUT2D eigenvalue weighted by molar-refractivity contribution is -0.139. The fourth-order valence-electron chi connectivity index (χ4n) is 4.69. The summed E-state index contributed by atoms with van der Waals surface area (Å²) in [5.41, 5.74) is 2.30. The SMILES string of the molecule is N#CCNC(=O)C(=O)NCc1ccccc1C(=O)NC1(c2cc(-c3cnn(C(F)F)c3)cc3ccccc23)CC1. The van der Waals surface area contributed by atoms with Crippen LogP contribution in [0.25, 0.3) is 21.9 Å². The molecule has 202 valence electrons. The summed E-state index contributed by atoms with van der Waals surface area (Å²) in [6.07, 6.45) is 4.05. The topological polar surface area (TPSA) is 129 Å². The van der Waals surface area contributed by atoms with Gasteiger partial charge in [-0.1, -0.05) is 42.5 Å². The molecule has 0 aliphatic heterocycles. The number of hydrogen-bond acceptors (Lipinski definition) is 5. The van der Waals surface area contributed by atoms with Crippen LogP contribution in [-0.4, -0.2) is 34.0 Å². The molecule has 0 spiro atoms. The minimum absolute atomic E-state index is 0.0675. The minimum Gasteiger partial charge on any atom is -0.344 e. The van der Waals surface area contributed by atoms with Gasteiger partial charge in [0.15, 0.2) is 0 Å². The molecule has 9 nitrogen and oxygen atoms in total. The number of nitriles is 1. The number of amides is 3. The normalized spacial score (nSPS) is 13.4. The summed E-state index contributed by atoms with van der Waals surface area (Å²) >= 11 is 0. The van der Waals surface area contributed by atoms with E-state index < -0.39 is 23.9 Å². The zero-order valence-corrected chi connectivity index (χ0v) is 21.2. The Kier molecular flexibility index (Phi) is 7.25. The highest BCUT2D eigenvalue weighted by atomic mass is 19.3. The third kappa shape index (κ3) is 5.37. The van der Waals surface area contributed by atoms with Crippen LogP contribution in [-0.2, 0) is 21.7 Å². The van der Waals surface area contributed by atoms with Gasteiger partial charge < -0.3 is 16.0 Å². The van der Waals surface area contributed by atoms with Crippen molar-refractivity contribution in [2.45, 2.75) is 31.5 Å². The van der Waals surface area contributed by atoms with Gasteiger partial charge in [0.25, 0.3) is 5.91 Å². The maximum Gasteiger partial charge on any atom is 0.333 e. The first-order valence-corrected chi connectivity index (χ1v) is 12.5. The Bertz CT molecular complexity index is 1660. The lowest BCUT2D eigenvalue weighted by atomic mass is 9.92. The van der Waals surface area contributed by atoms with Crippen molar-refractivity contribution in [2.75, 3.05) is 6.54 Å². The van der Waals surface area contributed by atoms with Crippen molar-refractivity contribution in [3.05, 3.63) is 89.7 Å². The maximum atomic E-state index is 13.5. The molecule has 3 aromatic carbocycles. The highest BCUT2D eigenvalue weighted by Gasteiger charge is 2.47. The minimum atomic E-state index is -2.75. The second-order valence-electron chi connectivity index (χ2n) is 9.45. The van der Waals surface area contributed by atoms with Gasteiger partial charge in [-0.25, -0.2) is 4.68 Å². The summed E-state index contributed by atoms with van der Waals surface area (Å²) < 4.78 is 26.9. The number of hydrogen-bond donors (Lipinski definition) is 3. The Morgan fingerprint density at radius 2 is 1.73 bits per heavy atom. The summed E-state index contributed by atoms with van der Waals surface area (Å²) in [6, 6.07) is 20.0. The molecular weight excluding hydrogens is 518 g/mol. The first-order chi connectivity index (χ1) is 19.3. The van der Waals surface area contributed by atoms with E-state index >= 15 is 0 Å². The second-order valence-corrected chi connectivity index (χ2v) is 9.45. The van der Waals surface area contributed by atoms with Gasteiger partial charge in [0, 0.05) is 23.9 Å². The van der Waals surface area contributed by atoms with Gasteiger partial charge in [-0.3, -0.25) is 14.4 Å². The van der Waals surface area contributed by atoms with E-state index in [1.165, 1.54) is 12.4 Å². The van der Waals surface area contributed by atoms with Crippen molar-refractivity contribution < 1.29 is 23.2 Å². The van der Waals surface area contributed by atoms with Crippen LogP contribution < -0.4 is 16.0 Å². The number of aromatic nitrogens is 2. The standard InChI is InChI=1S/C29H24F2N6O3/c30-28(31)37-17-21(16-35-37)20-13-18-5-1-3-7-22(18)24(14-20)29(9-10-29)36-25(38)23-8-4-2-6-19(23)15-34-27(40)26(39)33-12-11-32/h1-8,13-14,16-17,28H,9-10,12,15H2,(H,33,39)(H,34,40)(H,36,38). The number of rotatable bonds is 8. The molecule has 5 rings (SSSR count). The summed E-state index contributed by atoms with van der Waals surface area (Å²) in [5.74, 6) is -2.20. The Hall–Kier alpha value is -5.11. The van der Waals surface area contributed by atoms with Crippen molar-refractivity contribution in [3.63, 3.8) is 0 Å². The highest BCUT2D eigenvalue weighted by Crippen LogP contribution is 2.49. The van der Waals surface area contributed by atoms with Crippen LogP contribution in [0.15, 0.2) is 73.1 Å². The quantitative estimate of drug-likeness (QED) is 0.231. The first-order valence-electron chi connectivity index (χ1n) is 12.5. The van der Waals surface area contributed by atoms with Gasteiger partial charge in [-0.15, -0.1) is 0 Å². The Balaban J connectivity index is 1.41. The maximum absolute atomic E-state index is 13.5. The lowest BCUT2D eigenvalue weighted by Gasteiger charge is -2.22. The van der Waals surface area contributed by atoms with Crippen molar-refractivity contribution in [3.8, 4) is 17.2 Å². The molecule has 4 aromatic rings. The van der Waals surface area contributed by atoms with Crippen molar-refractivity contribution in [1.82, 2.24) is 25.7 Å². The van der Waals surface area contributed by atoms with Crippen molar-refractivity contribution in [2.24, 2.45) is 0 Å². The number of benzene rings is 3. The molecule has 1 aliphatic carbocycles. The van der Waals surface area contributed by atoms with Crippen molar-refractivity contribution in [1.29, 1.82) is 5.26 Å². The van der Waals surface area contributed by atoms with Crippen LogP contribution in [0.5, 0.6) is 0 Å². The summed E-state index contributed by atoms with van der Waals surface area (Å²) in [7, 11) is 0. The molecule has 0 unspecified atom stereocenters. The average Bonchev–Trinajstić information content (AvgIpc) is 3.56. The van der Waals surface area contributed by atoms with E-state index in [2.05, 4.69) is 21.0 Å².